The van der Waals surface area contributed by atoms with Crippen LogP contribution in [0.5, 0.6) is 0 Å². The van der Waals surface area contributed by atoms with E-state index in [0.717, 1.165) is 11.4 Å². The summed E-state index contributed by atoms with van der Waals surface area (Å²) in [5.74, 6) is 0.808. The lowest BCUT2D eigenvalue weighted by atomic mass is 10.1. The van der Waals surface area contributed by atoms with E-state index in [-0.39, 0.29) is 12.0 Å². The number of halogens is 1. The maximum absolute atomic E-state index is 12.7. The first kappa shape index (κ1) is 16.7. The molecule has 0 bridgehead atoms. The summed E-state index contributed by atoms with van der Waals surface area (Å²) in [6, 6.07) is 11.2. The zero-order chi connectivity index (χ0) is 17.1. The molecule has 1 unspecified atom stereocenters. The van der Waals surface area contributed by atoms with E-state index in [1.165, 1.54) is 0 Å². The van der Waals surface area contributed by atoms with Gasteiger partial charge in [-0.15, -0.1) is 0 Å². The standard InChI is InChI=1S/C18H20ClN3O2/c1-21(2)17-8-5-14(11-20-17)18(23)22-9-10-24-16(12-22)13-3-6-15(19)7-4-13/h3-8,11,16H,9-10,12H2,1-2H3. The minimum absolute atomic E-state index is 0.0185. The molecule has 1 saturated heterocycles. The number of nitrogens with zero attached hydrogens (tertiary/aromatic N) is 3. The molecule has 2 aromatic rings. The van der Waals surface area contributed by atoms with E-state index in [1.54, 1.807) is 6.20 Å². The van der Waals surface area contributed by atoms with E-state index in [9.17, 15) is 4.79 Å². The number of rotatable bonds is 3. The summed E-state index contributed by atoms with van der Waals surface area (Å²) in [6.45, 7) is 1.62. The third-order valence-electron chi connectivity index (χ3n) is 4.05. The largest absolute Gasteiger partial charge is 0.370 e. The molecule has 3 rings (SSSR count). The lowest BCUT2D eigenvalue weighted by Crippen LogP contribution is -2.42. The average molecular weight is 346 g/mol. The number of hydrogen-bond donors (Lipinski definition) is 0. The Balaban J connectivity index is 1.71. The van der Waals surface area contributed by atoms with Gasteiger partial charge in [0.15, 0.2) is 0 Å². The van der Waals surface area contributed by atoms with Gasteiger partial charge in [-0.05, 0) is 29.8 Å². The third kappa shape index (κ3) is 3.68. The molecule has 0 spiro atoms. The summed E-state index contributed by atoms with van der Waals surface area (Å²) in [5, 5.41) is 0.689. The normalized spacial score (nSPS) is 17.6. The van der Waals surface area contributed by atoms with Gasteiger partial charge in [-0.2, -0.15) is 0 Å². The van der Waals surface area contributed by atoms with Crippen molar-refractivity contribution in [3.8, 4) is 0 Å². The van der Waals surface area contributed by atoms with Crippen molar-refractivity contribution in [2.75, 3.05) is 38.7 Å². The Kier molecular flexibility index (Phi) is 5.02. The second-order valence-electron chi connectivity index (χ2n) is 5.96. The highest BCUT2D eigenvalue weighted by molar-refractivity contribution is 6.30. The molecule has 126 valence electrons. The minimum atomic E-state index is -0.131. The van der Waals surface area contributed by atoms with Crippen molar-refractivity contribution in [2.45, 2.75) is 6.10 Å². The quantitative estimate of drug-likeness (QED) is 0.858. The van der Waals surface area contributed by atoms with E-state index in [2.05, 4.69) is 4.98 Å². The fraction of sp³-hybridized carbons (Fsp3) is 0.333. The Bertz CT molecular complexity index is 701. The number of carbonyl (C=O) groups excluding carboxylic acids is 1. The Morgan fingerprint density at radius 3 is 2.62 bits per heavy atom. The van der Waals surface area contributed by atoms with Crippen LogP contribution in [0.15, 0.2) is 42.6 Å². The Labute approximate surface area is 146 Å². The highest BCUT2D eigenvalue weighted by Crippen LogP contribution is 2.24. The van der Waals surface area contributed by atoms with Crippen LogP contribution in [0.3, 0.4) is 0 Å². The van der Waals surface area contributed by atoms with Gasteiger partial charge in [-0.3, -0.25) is 4.79 Å². The fourth-order valence-electron chi connectivity index (χ4n) is 2.67. The number of ether oxygens (including phenoxy) is 1. The second-order valence-corrected chi connectivity index (χ2v) is 6.40. The van der Waals surface area contributed by atoms with Gasteiger partial charge >= 0.3 is 0 Å². The SMILES string of the molecule is CN(C)c1ccc(C(=O)N2CCOC(c3ccc(Cl)cc3)C2)cn1. The van der Waals surface area contributed by atoms with Gasteiger partial charge in [0.1, 0.15) is 11.9 Å². The molecule has 5 nitrogen and oxygen atoms in total. The predicted molar refractivity (Wildman–Crippen MR) is 94.6 cm³/mol. The summed E-state index contributed by atoms with van der Waals surface area (Å²) in [6.07, 6.45) is 1.50. The van der Waals surface area contributed by atoms with Crippen molar-refractivity contribution in [1.29, 1.82) is 0 Å². The highest BCUT2D eigenvalue weighted by Gasteiger charge is 2.26. The number of aromatic nitrogens is 1. The molecule has 1 amide bonds. The summed E-state index contributed by atoms with van der Waals surface area (Å²) in [4.78, 5) is 20.7. The molecule has 1 fully saturated rings. The number of pyridine rings is 1. The van der Waals surface area contributed by atoms with Crippen LogP contribution in [-0.4, -0.2) is 49.6 Å². The van der Waals surface area contributed by atoms with E-state index in [1.807, 2.05) is 60.3 Å². The van der Waals surface area contributed by atoms with Crippen LogP contribution in [0, 0.1) is 0 Å². The van der Waals surface area contributed by atoms with Gasteiger partial charge < -0.3 is 14.5 Å². The van der Waals surface area contributed by atoms with Crippen LogP contribution in [0.4, 0.5) is 5.82 Å². The maximum Gasteiger partial charge on any atom is 0.255 e. The van der Waals surface area contributed by atoms with Crippen molar-refractivity contribution >= 4 is 23.3 Å². The van der Waals surface area contributed by atoms with Crippen LogP contribution in [0.25, 0.3) is 0 Å². The van der Waals surface area contributed by atoms with Gasteiger partial charge in [0.2, 0.25) is 0 Å². The van der Waals surface area contributed by atoms with Crippen LogP contribution in [-0.2, 0) is 4.74 Å². The van der Waals surface area contributed by atoms with Crippen molar-refractivity contribution < 1.29 is 9.53 Å². The Hall–Kier alpha value is -2.11. The summed E-state index contributed by atoms with van der Waals surface area (Å²) >= 11 is 5.93. The molecule has 6 heteroatoms. The molecular formula is C18H20ClN3O2. The Morgan fingerprint density at radius 2 is 2.00 bits per heavy atom. The molecule has 1 aliphatic heterocycles. The summed E-state index contributed by atoms with van der Waals surface area (Å²) in [5.41, 5.74) is 1.62. The number of benzene rings is 1. The number of anilines is 1. The van der Waals surface area contributed by atoms with Crippen LogP contribution >= 0.6 is 11.6 Å². The average Bonchev–Trinajstić information content (AvgIpc) is 2.62. The molecule has 1 aliphatic rings. The number of morpholine rings is 1. The van der Waals surface area contributed by atoms with Crippen molar-refractivity contribution in [1.82, 2.24) is 9.88 Å². The molecule has 1 aromatic carbocycles. The first-order valence-corrected chi connectivity index (χ1v) is 8.22. The first-order valence-electron chi connectivity index (χ1n) is 7.84. The maximum atomic E-state index is 12.7. The van der Waals surface area contributed by atoms with Crippen molar-refractivity contribution in [2.24, 2.45) is 0 Å². The van der Waals surface area contributed by atoms with Crippen LogP contribution in [0.2, 0.25) is 5.02 Å². The number of amides is 1. The van der Waals surface area contributed by atoms with Crippen LogP contribution < -0.4 is 4.90 Å². The smallest absolute Gasteiger partial charge is 0.255 e. The lowest BCUT2D eigenvalue weighted by molar-refractivity contribution is -0.0228. The van der Waals surface area contributed by atoms with Gasteiger partial charge in [0.25, 0.3) is 5.91 Å². The molecule has 24 heavy (non-hydrogen) atoms. The molecular weight excluding hydrogens is 326 g/mol. The second kappa shape index (κ2) is 7.20. The van der Waals surface area contributed by atoms with Gasteiger partial charge in [0, 0.05) is 31.9 Å². The van der Waals surface area contributed by atoms with Crippen molar-refractivity contribution in [3.05, 3.63) is 58.7 Å². The number of hydrogen-bond acceptors (Lipinski definition) is 4. The highest BCUT2D eigenvalue weighted by atomic mass is 35.5. The van der Waals surface area contributed by atoms with Gasteiger partial charge in [-0.25, -0.2) is 4.98 Å². The lowest BCUT2D eigenvalue weighted by Gasteiger charge is -2.33. The molecule has 1 aromatic heterocycles. The van der Waals surface area contributed by atoms with Gasteiger partial charge in [-0.1, -0.05) is 23.7 Å². The van der Waals surface area contributed by atoms with E-state index >= 15 is 0 Å². The van der Waals surface area contributed by atoms with E-state index < -0.39 is 0 Å². The predicted octanol–water partition coefficient (Wildman–Crippen LogP) is 3.01. The minimum Gasteiger partial charge on any atom is -0.370 e. The molecule has 0 aliphatic carbocycles. The Morgan fingerprint density at radius 1 is 1.25 bits per heavy atom. The molecule has 0 N–H and O–H groups in total. The fourth-order valence-corrected chi connectivity index (χ4v) is 2.80. The zero-order valence-corrected chi connectivity index (χ0v) is 14.5. The van der Waals surface area contributed by atoms with Gasteiger partial charge in [0.05, 0.1) is 18.7 Å². The van der Waals surface area contributed by atoms with Crippen molar-refractivity contribution in [3.63, 3.8) is 0 Å². The monoisotopic (exact) mass is 345 g/mol. The van der Waals surface area contributed by atoms with E-state index in [0.29, 0.717) is 30.3 Å². The van der Waals surface area contributed by atoms with Crippen LogP contribution in [0.1, 0.15) is 22.0 Å². The topological polar surface area (TPSA) is 45.7 Å². The summed E-state index contributed by atoms with van der Waals surface area (Å²) in [7, 11) is 3.84. The number of carbonyl (C=O) groups is 1. The molecule has 2 heterocycles. The zero-order valence-electron chi connectivity index (χ0n) is 13.8. The first-order chi connectivity index (χ1) is 11.5. The molecule has 0 radical (unpaired) electrons. The molecule has 1 atom stereocenters. The van der Waals surface area contributed by atoms with E-state index in [4.69, 9.17) is 16.3 Å². The third-order valence-corrected chi connectivity index (χ3v) is 4.30. The molecule has 0 saturated carbocycles. The summed E-state index contributed by atoms with van der Waals surface area (Å²) < 4.78 is 5.81.